The molecule has 3 atom stereocenters. The maximum absolute atomic E-state index is 12.8. The standard InChI is InChI=1S/C22H35N3O2/c1-5-27-19-13-22(23,21(19,3)4)20(26)24-18-10-8-17(9-11-18)15-25-12-6-7-16(2)14-25/h8-11,16,19H,5-7,12-15,23H2,1-4H3,(H,24,26). The van der Waals surface area contributed by atoms with Gasteiger partial charge in [0.25, 0.3) is 0 Å². The molecule has 0 radical (unpaired) electrons. The third-order valence-corrected chi connectivity index (χ3v) is 6.59. The van der Waals surface area contributed by atoms with Crippen molar-refractivity contribution < 1.29 is 9.53 Å². The van der Waals surface area contributed by atoms with Crippen LogP contribution < -0.4 is 11.1 Å². The van der Waals surface area contributed by atoms with E-state index in [1.165, 1.54) is 31.5 Å². The number of likely N-dealkylation sites (tertiary alicyclic amines) is 1. The summed E-state index contributed by atoms with van der Waals surface area (Å²) in [5.41, 5.74) is 7.27. The predicted molar refractivity (Wildman–Crippen MR) is 109 cm³/mol. The van der Waals surface area contributed by atoms with E-state index in [1.54, 1.807) is 0 Å². The Labute approximate surface area is 163 Å². The molecule has 5 heteroatoms. The summed E-state index contributed by atoms with van der Waals surface area (Å²) in [7, 11) is 0. The van der Waals surface area contributed by atoms with Gasteiger partial charge < -0.3 is 15.8 Å². The van der Waals surface area contributed by atoms with Crippen LogP contribution in [-0.2, 0) is 16.1 Å². The molecule has 0 bridgehead atoms. The number of piperidine rings is 1. The summed E-state index contributed by atoms with van der Waals surface area (Å²) in [4.78, 5) is 15.3. The molecule has 5 nitrogen and oxygen atoms in total. The quantitative estimate of drug-likeness (QED) is 0.802. The Hall–Kier alpha value is -1.43. The molecule has 3 N–H and O–H groups in total. The number of ether oxygens (including phenoxy) is 1. The summed E-state index contributed by atoms with van der Waals surface area (Å²) in [6.45, 7) is 12.3. The number of amides is 1. The Morgan fingerprint density at radius 3 is 2.63 bits per heavy atom. The Balaban J connectivity index is 1.57. The SMILES string of the molecule is CCOC1CC(N)(C(=O)Nc2ccc(CN3CCCC(C)C3)cc2)C1(C)C. The number of nitrogens with zero attached hydrogens (tertiary/aromatic N) is 1. The Kier molecular flexibility index (Phi) is 5.94. The fourth-order valence-electron chi connectivity index (χ4n) is 4.45. The highest BCUT2D eigenvalue weighted by molar-refractivity contribution is 5.99. The molecule has 1 aliphatic heterocycles. The van der Waals surface area contributed by atoms with Crippen LogP contribution in [0.5, 0.6) is 0 Å². The molecule has 3 rings (SSSR count). The van der Waals surface area contributed by atoms with Gasteiger partial charge in [-0.25, -0.2) is 0 Å². The van der Waals surface area contributed by atoms with Crippen LogP contribution in [0, 0.1) is 11.3 Å². The van der Waals surface area contributed by atoms with E-state index >= 15 is 0 Å². The highest BCUT2D eigenvalue weighted by Crippen LogP contribution is 2.50. The molecule has 3 unspecified atom stereocenters. The van der Waals surface area contributed by atoms with Gasteiger partial charge in [0.05, 0.1) is 6.10 Å². The number of hydrogen-bond donors (Lipinski definition) is 2. The Bertz CT molecular complexity index is 658. The van der Waals surface area contributed by atoms with E-state index in [-0.39, 0.29) is 17.4 Å². The first-order chi connectivity index (χ1) is 12.8. The Morgan fingerprint density at radius 1 is 1.33 bits per heavy atom. The van der Waals surface area contributed by atoms with E-state index in [0.29, 0.717) is 13.0 Å². The minimum Gasteiger partial charge on any atom is -0.378 e. The summed E-state index contributed by atoms with van der Waals surface area (Å²) < 4.78 is 5.72. The van der Waals surface area contributed by atoms with Crippen molar-refractivity contribution in [2.24, 2.45) is 17.1 Å². The molecule has 0 aromatic heterocycles. The molecule has 1 aliphatic carbocycles. The number of nitrogens with two attached hydrogens (primary N) is 1. The minimum absolute atomic E-state index is 0.0348. The van der Waals surface area contributed by atoms with Gasteiger partial charge in [-0.15, -0.1) is 0 Å². The van der Waals surface area contributed by atoms with Gasteiger partial charge in [0.2, 0.25) is 5.91 Å². The van der Waals surface area contributed by atoms with Gasteiger partial charge in [0, 0.05) is 37.2 Å². The van der Waals surface area contributed by atoms with E-state index in [1.807, 2.05) is 32.9 Å². The molecule has 27 heavy (non-hydrogen) atoms. The van der Waals surface area contributed by atoms with Gasteiger partial charge in [-0.2, -0.15) is 0 Å². The average Bonchev–Trinajstić information content (AvgIpc) is 2.63. The normalized spacial score (nSPS) is 30.6. The van der Waals surface area contributed by atoms with Gasteiger partial charge in [0.1, 0.15) is 5.54 Å². The molecule has 1 amide bonds. The van der Waals surface area contributed by atoms with E-state index in [4.69, 9.17) is 10.5 Å². The van der Waals surface area contributed by atoms with E-state index in [0.717, 1.165) is 18.2 Å². The van der Waals surface area contributed by atoms with Crippen molar-refractivity contribution in [3.05, 3.63) is 29.8 Å². The highest BCUT2D eigenvalue weighted by atomic mass is 16.5. The Morgan fingerprint density at radius 2 is 2.04 bits per heavy atom. The molecule has 1 aromatic carbocycles. The van der Waals surface area contributed by atoms with Crippen molar-refractivity contribution in [1.29, 1.82) is 0 Å². The van der Waals surface area contributed by atoms with Crippen molar-refractivity contribution in [3.63, 3.8) is 0 Å². The largest absolute Gasteiger partial charge is 0.378 e. The first-order valence-electron chi connectivity index (χ1n) is 10.3. The van der Waals surface area contributed by atoms with Gasteiger partial charge in [-0.3, -0.25) is 9.69 Å². The molecule has 1 heterocycles. The molecule has 2 fully saturated rings. The zero-order valence-electron chi connectivity index (χ0n) is 17.3. The van der Waals surface area contributed by atoms with Crippen LogP contribution in [0.4, 0.5) is 5.69 Å². The lowest BCUT2D eigenvalue weighted by Gasteiger charge is -2.57. The fourth-order valence-corrected chi connectivity index (χ4v) is 4.45. The summed E-state index contributed by atoms with van der Waals surface area (Å²) in [6, 6.07) is 8.17. The topological polar surface area (TPSA) is 67.6 Å². The molecular weight excluding hydrogens is 338 g/mol. The number of hydrogen-bond acceptors (Lipinski definition) is 4. The van der Waals surface area contributed by atoms with Crippen molar-refractivity contribution in [3.8, 4) is 0 Å². The molecule has 1 saturated carbocycles. The van der Waals surface area contributed by atoms with Crippen molar-refractivity contribution in [1.82, 2.24) is 4.90 Å². The summed E-state index contributed by atoms with van der Waals surface area (Å²) in [5, 5.41) is 3.01. The predicted octanol–water partition coefficient (Wildman–Crippen LogP) is 3.39. The number of carbonyl (C=O) groups is 1. The van der Waals surface area contributed by atoms with Crippen LogP contribution in [-0.4, -0.2) is 42.1 Å². The molecule has 0 spiro atoms. The summed E-state index contributed by atoms with van der Waals surface area (Å²) >= 11 is 0. The summed E-state index contributed by atoms with van der Waals surface area (Å²) in [6.07, 6.45) is 3.22. The van der Waals surface area contributed by atoms with Gasteiger partial charge in [0.15, 0.2) is 0 Å². The lowest BCUT2D eigenvalue weighted by Crippen LogP contribution is -2.74. The third-order valence-electron chi connectivity index (χ3n) is 6.59. The van der Waals surface area contributed by atoms with E-state index in [2.05, 4.69) is 29.3 Å². The van der Waals surface area contributed by atoms with Crippen molar-refractivity contribution in [2.45, 2.75) is 65.1 Å². The second kappa shape index (κ2) is 7.90. The highest BCUT2D eigenvalue weighted by Gasteiger charge is 2.62. The lowest BCUT2D eigenvalue weighted by atomic mass is 9.54. The number of nitrogens with one attached hydrogen (secondary N) is 1. The van der Waals surface area contributed by atoms with Crippen LogP contribution in [0.25, 0.3) is 0 Å². The zero-order chi connectivity index (χ0) is 19.7. The second-order valence-electron chi connectivity index (χ2n) is 8.97. The molecule has 1 aromatic rings. The van der Waals surface area contributed by atoms with Crippen LogP contribution in [0.2, 0.25) is 0 Å². The fraction of sp³-hybridized carbons (Fsp3) is 0.682. The monoisotopic (exact) mass is 373 g/mol. The molecular formula is C22H35N3O2. The van der Waals surface area contributed by atoms with E-state index < -0.39 is 5.54 Å². The zero-order valence-corrected chi connectivity index (χ0v) is 17.3. The first kappa shape index (κ1) is 20.3. The average molecular weight is 374 g/mol. The van der Waals surface area contributed by atoms with Crippen LogP contribution >= 0.6 is 0 Å². The molecule has 150 valence electrons. The maximum atomic E-state index is 12.8. The summed E-state index contributed by atoms with van der Waals surface area (Å²) in [5.74, 6) is 0.658. The molecule has 2 aliphatic rings. The first-order valence-corrected chi connectivity index (χ1v) is 10.3. The van der Waals surface area contributed by atoms with Gasteiger partial charge >= 0.3 is 0 Å². The second-order valence-corrected chi connectivity index (χ2v) is 8.97. The number of benzene rings is 1. The maximum Gasteiger partial charge on any atom is 0.245 e. The van der Waals surface area contributed by atoms with Crippen molar-refractivity contribution >= 4 is 11.6 Å². The van der Waals surface area contributed by atoms with Crippen LogP contribution in [0.1, 0.15) is 52.5 Å². The number of anilines is 1. The van der Waals surface area contributed by atoms with Gasteiger partial charge in [-0.1, -0.05) is 32.9 Å². The minimum atomic E-state index is -0.893. The number of rotatable bonds is 6. The van der Waals surface area contributed by atoms with Crippen molar-refractivity contribution in [2.75, 3.05) is 25.0 Å². The van der Waals surface area contributed by atoms with Gasteiger partial charge in [-0.05, 0) is 49.9 Å². The number of carbonyl (C=O) groups excluding carboxylic acids is 1. The smallest absolute Gasteiger partial charge is 0.245 e. The van der Waals surface area contributed by atoms with E-state index in [9.17, 15) is 4.79 Å². The molecule has 1 saturated heterocycles. The third kappa shape index (κ3) is 4.05. The lowest BCUT2D eigenvalue weighted by molar-refractivity contribution is -0.166. The van der Waals surface area contributed by atoms with Crippen LogP contribution in [0.3, 0.4) is 0 Å². The van der Waals surface area contributed by atoms with Crippen LogP contribution in [0.15, 0.2) is 24.3 Å².